The molecule has 0 fully saturated rings. The summed E-state index contributed by atoms with van der Waals surface area (Å²) in [4.78, 5) is 4.15. The van der Waals surface area contributed by atoms with E-state index in [-0.39, 0.29) is 12.1 Å². The number of hydrogen-bond donors (Lipinski definition) is 2. The van der Waals surface area contributed by atoms with Gasteiger partial charge in [-0.15, -0.1) is 0 Å². The van der Waals surface area contributed by atoms with Gasteiger partial charge in [0, 0.05) is 18.3 Å². The van der Waals surface area contributed by atoms with Crippen LogP contribution >= 0.6 is 0 Å². The van der Waals surface area contributed by atoms with Gasteiger partial charge in [-0.25, -0.2) is 0 Å². The van der Waals surface area contributed by atoms with E-state index in [0.717, 1.165) is 12.1 Å². The van der Waals surface area contributed by atoms with Crippen molar-refractivity contribution in [2.24, 2.45) is 11.5 Å². The second-order valence-corrected chi connectivity index (χ2v) is 3.07. The minimum absolute atomic E-state index is 0.0359. The number of rotatable bonds is 3. The molecule has 1 aromatic heterocycles. The van der Waals surface area contributed by atoms with Crippen LogP contribution in [0.1, 0.15) is 25.1 Å². The maximum absolute atomic E-state index is 5.85. The van der Waals surface area contributed by atoms with Crippen molar-refractivity contribution in [2.45, 2.75) is 25.4 Å². The van der Waals surface area contributed by atoms with Crippen LogP contribution in [-0.4, -0.2) is 11.0 Å². The molecule has 2 unspecified atom stereocenters. The zero-order chi connectivity index (χ0) is 8.97. The summed E-state index contributed by atoms with van der Waals surface area (Å²) in [6.45, 7) is 1.95. The first-order chi connectivity index (χ1) is 5.70. The summed E-state index contributed by atoms with van der Waals surface area (Å²) in [5.41, 5.74) is 12.4. The fourth-order valence-corrected chi connectivity index (χ4v) is 1.12. The molecule has 0 saturated heterocycles. The van der Waals surface area contributed by atoms with E-state index < -0.39 is 0 Å². The molecule has 0 aromatic carbocycles. The van der Waals surface area contributed by atoms with Gasteiger partial charge in [-0.2, -0.15) is 0 Å². The molecule has 0 amide bonds. The molecule has 0 aliphatic carbocycles. The van der Waals surface area contributed by atoms with Gasteiger partial charge >= 0.3 is 0 Å². The minimum atomic E-state index is -0.0359. The number of nitrogens with two attached hydrogens (primary N) is 2. The molecule has 12 heavy (non-hydrogen) atoms. The highest BCUT2D eigenvalue weighted by Crippen LogP contribution is 2.11. The maximum atomic E-state index is 5.85. The third kappa shape index (κ3) is 2.60. The Morgan fingerprint density at radius 3 is 2.67 bits per heavy atom. The Kier molecular flexibility index (Phi) is 3.19. The zero-order valence-electron chi connectivity index (χ0n) is 7.27. The summed E-state index contributed by atoms with van der Waals surface area (Å²) >= 11 is 0. The lowest BCUT2D eigenvalue weighted by Crippen LogP contribution is -2.23. The fraction of sp³-hybridized carbons (Fsp3) is 0.444. The average molecular weight is 165 g/mol. The molecular formula is C9H15N3. The van der Waals surface area contributed by atoms with E-state index in [2.05, 4.69) is 4.98 Å². The summed E-state index contributed by atoms with van der Waals surface area (Å²) in [6.07, 6.45) is 2.52. The fourth-order valence-electron chi connectivity index (χ4n) is 1.12. The van der Waals surface area contributed by atoms with Gasteiger partial charge in [0.25, 0.3) is 0 Å². The minimum Gasteiger partial charge on any atom is -0.328 e. The first kappa shape index (κ1) is 9.16. The molecule has 0 spiro atoms. The molecule has 0 saturated carbocycles. The van der Waals surface area contributed by atoms with Crippen LogP contribution in [0.2, 0.25) is 0 Å². The molecule has 0 aliphatic heterocycles. The van der Waals surface area contributed by atoms with Crippen LogP contribution in [0.15, 0.2) is 24.4 Å². The number of nitrogens with zero attached hydrogens (tertiary/aromatic N) is 1. The number of aromatic nitrogens is 1. The molecule has 1 heterocycles. The van der Waals surface area contributed by atoms with Crippen molar-refractivity contribution in [2.75, 3.05) is 0 Å². The van der Waals surface area contributed by atoms with E-state index in [1.165, 1.54) is 0 Å². The van der Waals surface area contributed by atoms with Crippen LogP contribution in [0.5, 0.6) is 0 Å². The highest BCUT2D eigenvalue weighted by molar-refractivity contribution is 5.08. The topological polar surface area (TPSA) is 64.9 Å². The standard InChI is InChI=1S/C9H15N3/c1-7(10)6-8(11)9-4-2-3-5-12-9/h2-5,7-8H,6,10-11H2,1H3. The second-order valence-electron chi connectivity index (χ2n) is 3.07. The maximum Gasteiger partial charge on any atom is 0.0571 e. The Morgan fingerprint density at radius 2 is 2.17 bits per heavy atom. The van der Waals surface area contributed by atoms with Gasteiger partial charge in [0.2, 0.25) is 0 Å². The predicted molar refractivity (Wildman–Crippen MR) is 49.4 cm³/mol. The SMILES string of the molecule is CC(N)CC(N)c1ccccn1. The summed E-state index contributed by atoms with van der Waals surface area (Å²) in [5.74, 6) is 0. The van der Waals surface area contributed by atoms with E-state index in [1.807, 2.05) is 25.1 Å². The number of hydrogen-bond acceptors (Lipinski definition) is 3. The molecule has 1 rings (SSSR count). The van der Waals surface area contributed by atoms with Gasteiger partial charge in [0.15, 0.2) is 0 Å². The first-order valence-corrected chi connectivity index (χ1v) is 4.12. The second kappa shape index (κ2) is 4.18. The summed E-state index contributed by atoms with van der Waals surface area (Å²) in [5, 5.41) is 0. The third-order valence-electron chi connectivity index (χ3n) is 1.69. The summed E-state index contributed by atoms with van der Waals surface area (Å²) in [7, 11) is 0. The van der Waals surface area contributed by atoms with Crippen molar-refractivity contribution in [3.8, 4) is 0 Å². The van der Waals surface area contributed by atoms with Crippen LogP contribution < -0.4 is 11.5 Å². The van der Waals surface area contributed by atoms with Crippen molar-refractivity contribution in [3.05, 3.63) is 30.1 Å². The zero-order valence-corrected chi connectivity index (χ0v) is 7.27. The Hall–Kier alpha value is -0.930. The third-order valence-corrected chi connectivity index (χ3v) is 1.69. The van der Waals surface area contributed by atoms with E-state index >= 15 is 0 Å². The number of pyridine rings is 1. The van der Waals surface area contributed by atoms with Crippen LogP contribution in [-0.2, 0) is 0 Å². The smallest absolute Gasteiger partial charge is 0.0571 e. The lowest BCUT2D eigenvalue weighted by atomic mass is 10.1. The van der Waals surface area contributed by atoms with E-state index in [1.54, 1.807) is 6.20 Å². The Morgan fingerprint density at radius 1 is 1.42 bits per heavy atom. The Labute approximate surface area is 72.8 Å². The van der Waals surface area contributed by atoms with E-state index in [4.69, 9.17) is 11.5 Å². The highest BCUT2D eigenvalue weighted by Gasteiger charge is 2.08. The lowest BCUT2D eigenvalue weighted by molar-refractivity contribution is 0.558. The average Bonchev–Trinajstić information content (AvgIpc) is 2.05. The Bertz CT molecular complexity index is 220. The van der Waals surface area contributed by atoms with Crippen molar-refractivity contribution in [1.82, 2.24) is 4.98 Å². The lowest BCUT2D eigenvalue weighted by Gasteiger charge is -2.12. The van der Waals surface area contributed by atoms with Crippen molar-refractivity contribution in [1.29, 1.82) is 0 Å². The van der Waals surface area contributed by atoms with Gasteiger partial charge < -0.3 is 11.5 Å². The molecule has 2 atom stereocenters. The predicted octanol–water partition coefficient (Wildman–Crippen LogP) is 0.819. The van der Waals surface area contributed by atoms with Crippen molar-refractivity contribution in [3.63, 3.8) is 0 Å². The molecule has 1 aromatic rings. The molecular weight excluding hydrogens is 150 g/mol. The molecule has 4 N–H and O–H groups in total. The van der Waals surface area contributed by atoms with Gasteiger partial charge in [-0.05, 0) is 25.5 Å². The highest BCUT2D eigenvalue weighted by atomic mass is 14.8. The van der Waals surface area contributed by atoms with Crippen LogP contribution in [0.4, 0.5) is 0 Å². The van der Waals surface area contributed by atoms with Gasteiger partial charge in [0.05, 0.1) is 5.69 Å². The summed E-state index contributed by atoms with van der Waals surface area (Å²) in [6, 6.07) is 5.83. The van der Waals surface area contributed by atoms with Crippen LogP contribution in [0.3, 0.4) is 0 Å². The molecule has 66 valence electrons. The largest absolute Gasteiger partial charge is 0.328 e. The van der Waals surface area contributed by atoms with Crippen LogP contribution in [0, 0.1) is 0 Å². The van der Waals surface area contributed by atoms with E-state index in [0.29, 0.717) is 0 Å². The quantitative estimate of drug-likeness (QED) is 0.697. The van der Waals surface area contributed by atoms with Crippen molar-refractivity contribution < 1.29 is 0 Å². The first-order valence-electron chi connectivity index (χ1n) is 4.12. The van der Waals surface area contributed by atoms with Crippen molar-refractivity contribution >= 4 is 0 Å². The monoisotopic (exact) mass is 165 g/mol. The van der Waals surface area contributed by atoms with Gasteiger partial charge in [0.1, 0.15) is 0 Å². The summed E-state index contributed by atoms with van der Waals surface area (Å²) < 4.78 is 0. The molecule has 3 heteroatoms. The van der Waals surface area contributed by atoms with Gasteiger partial charge in [-0.3, -0.25) is 4.98 Å². The molecule has 3 nitrogen and oxygen atoms in total. The van der Waals surface area contributed by atoms with E-state index in [9.17, 15) is 0 Å². The Balaban J connectivity index is 2.59. The van der Waals surface area contributed by atoms with Gasteiger partial charge in [-0.1, -0.05) is 6.07 Å². The van der Waals surface area contributed by atoms with Crippen LogP contribution in [0.25, 0.3) is 0 Å². The normalized spacial score (nSPS) is 15.6. The molecule has 0 radical (unpaired) electrons. The molecule has 0 aliphatic rings. The molecule has 0 bridgehead atoms.